The monoisotopic (exact) mass is 403 g/mol. The number of amides is 1. The molecule has 1 N–H and O–H groups in total. The lowest BCUT2D eigenvalue weighted by atomic mass is 10.1. The smallest absolute Gasteiger partial charge is 0.248 e. The molecule has 0 unspecified atom stereocenters. The Kier molecular flexibility index (Phi) is 5.63. The molecular formula is C23H18FN3OS. The molecule has 0 fully saturated rings. The summed E-state index contributed by atoms with van der Waals surface area (Å²) in [4.78, 5) is 14.1. The number of nitrogens with one attached hydrogen (secondary N) is 1. The van der Waals surface area contributed by atoms with Crippen LogP contribution in [-0.4, -0.2) is 15.7 Å². The molecule has 4 rings (SSSR count). The van der Waals surface area contributed by atoms with Gasteiger partial charge in [-0.1, -0.05) is 36.4 Å². The summed E-state index contributed by atoms with van der Waals surface area (Å²) in [7, 11) is 0. The Labute approximate surface area is 171 Å². The van der Waals surface area contributed by atoms with Gasteiger partial charge in [0.15, 0.2) is 0 Å². The average molecular weight is 403 g/mol. The van der Waals surface area contributed by atoms with Crippen molar-refractivity contribution in [1.29, 1.82) is 0 Å². The molecule has 6 heteroatoms. The first-order chi connectivity index (χ1) is 14.2. The molecule has 2 aromatic heterocycles. The van der Waals surface area contributed by atoms with Crippen molar-refractivity contribution in [2.45, 2.75) is 6.54 Å². The van der Waals surface area contributed by atoms with Crippen LogP contribution in [0.4, 0.5) is 10.1 Å². The molecule has 2 heterocycles. The maximum Gasteiger partial charge on any atom is 0.248 e. The molecule has 0 bridgehead atoms. The summed E-state index contributed by atoms with van der Waals surface area (Å²) >= 11 is 1.44. The molecule has 29 heavy (non-hydrogen) atoms. The van der Waals surface area contributed by atoms with Gasteiger partial charge in [-0.25, -0.2) is 4.39 Å². The van der Waals surface area contributed by atoms with Gasteiger partial charge in [0.1, 0.15) is 5.82 Å². The van der Waals surface area contributed by atoms with Crippen LogP contribution in [0.2, 0.25) is 0 Å². The van der Waals surface area contributed by atoms with E-state index in [1.54, 1.807) is 29.1 Å². The highest BCUT2D eigenvalue weighted by Gasteiger charge is 2.08. The van der Waals surface area contributed by atoms with Crippen molar-refractivity contribution < 1.29 is 9.18 Å². The van der Waals surface area contributed by atoms with E-state index in [1.807, 2.05) is 54.7 Å². The zero-order chi connectivity index (χ0) is 20.1. The van der Waals surface area contributed by atoms with E-state index in [0.29, 0.717) is 12.1 Å². The molecule has 4 aromatic rings. The number of thiophene rings is 1. The lowest BCUT2D eigenvalue weighted by Crippen LogP contribution is -2.11. The number of carbonyl (C=O) groups is 1. The van der Waals surface area contributed by atoms with Gasteiger partial charge in [0.25, 0.3) is 0 Å². The molecule has 144 valence electrons. The Morgan fingerprint density at radius 1 is 1.07 bits per heavy atom. The molecule has 0 aliphatic heterocycles. The number of benzene rings is 2. The van der Waals surface area contributed by atoms with Crippen molar-refractivity contribution in [3.05, 3.63) is 101 Å². The molecule has 0 aliphatic rings. The van der Waals surface area contributed by atoms with Crippen LogP contribution in [0.5, 0.6) is 0 Å². The van der Waals surface area contributed by atoms with Gasteiger partial charge in [0.2, 0.25) is 5.91 Å². The van der Waals surface area contributed by atoms with Gasteiger partial charge in [-0.15, -0.1) is 11.3 Å². The summed E-state index contributed by atoms with van der Waals surface area (Å²) in [5.74, 6) is -0.477. The summed E-state index contributed by atoms with van der Waals surface area (Å²) in [6.45, 7) is 0.574. The standard InChI is InChI=1S/C23H18FN3OS/c24-20-8-3-2-7-19(20)22-12-10-18(29-22)11-13-23(28)26-21-9-4-1-6-17(21)16-27-15-5-14-25-27/h1-15H,16H2,(H,26,28)/b13-11+. The Morgan fingerprint density at radius 2 is 1.90 bits per heavy atom. The minimum Gasteiger partial charge on any atom is -0.322 e. The predicted octanol–water partition coefficient (Wildman–Crippen LogP) is 5.45. The van der Waals surface area contributed by atoms with Crippen molar-refractivity contribution in [2.24, 2.45) is 0 Å². The lowest BCUT2D eigenvalue weighted by Gasteiger charge is -2.09. The van der Waals surface area contributed by atoms with E-state index in [-0.39, 0.29) is 11.7 Å². The van der Waals surface area contributed by atoms with E-state index in [2.05, 4.69) is 10.4 Å². The SMILES string of the molecule is O=C(/C=C/c1ccc(-c2ccccc2F)s1)Nc1ccccc1Cn1cccn1. The number of para-hydroxylation sites is 1. The van der Waals surface area contributed by atoms with Gasteiger partial charge in [0, 0.05) is 39.5 Å². The highest BCUT2D eigenvalue weighted by atomic mass is 32.1. The third-order valence-electron chi connectivity index (χ3n) is 4.33. The maximum atomic E-state index is 13.9. The molecule has 0 atom stereocenters. The van der Waals surface area contributed by atoms with Crippen LogP contribution in [0, 0.1) is 5.82 Å². The number of aromatic nitrogens is 2. The predicted molar refractivity (Wildman–Crippen MR) is 115 cm³/mol. The number of hydrogen-bond donors (Lipinski definition) is 1. The zero-order valence-electron chi connectivity index (χ0n) is 15.5. The fourth-order valence-corrected chi connectivity index (χ4v) is 3.87. The number of anilines is 1. The van der Waals surface area contributed by atoms with Crippen LogP contribution in [0.25, 0.3) is 16.5 Å². The van der Waals surface area contributed by atoms with E-state index in [9.17, 15) is 9.18 Å². The van der Waals surface area contributed by atoms with Crippen molar-refractivity contribution in [1.82, 2.24) is 9.78 Å². The number of halogens is 1. The first-order valence-electron chi connectivity index (χ1n) is 9.08. The van der Waals surface area contributed by atoms with Gasteiger partial charge in [0.05, 0.1) is 6.54 Å². The minimum atomic E-state index is -0.253. The minimum absolute atomic E-state index is 0.223. The first kappa shape index (κ1) is 18.8. The van der Waals surface area contributed by atoms with Crippen LogP contribution in [0.1, 0.15) is 10.4 Å². The highest BCUT2D eigenvalue weighted by Crippen LogP contribution is 2.30. The molecule has 2 aromatic carbocycles. The van der Waals surface area contributed by atoms with E-state index in [1.165, 1.54) is 23.5 Å². The Bertz CT molecular complexity index is 1150. The molecule has 0 radical (unpaired) electrons. The van der Waals surface area contributed by atoms with Crippen LogP contribution in [0.3, 0.4) is 0 Å². The van der Waals surface area contributed by atoms with Crippen LogP contribution in [-0.2, 0) is 11.3 Å². The number of carbonyl (C=O) groups excluding carboxylic acids is 1. The lowest BCUT2D eigenvalue weighted by molar-refractivity contribution is -0.111. The quantitative estimate of drug-likeness (QED) is 0.435. The van der Waals surface area contributed by atoms with E-state index in [0.717, 1.165) is 21.0 Å². The van der Waals surface area contributed by atoms with Crippen molar-refractivity contribution in [2.75, 3.05) is 5.32 Å². The Morgan fingerprint density at radius 3 is 2.72 bits per heavy atom. The van der Waals surface area contributed by atoms with Crippen LogP contribution < -0.4 is 5.32 Å². The molecule has 0 spiro atoms. The summed E-state index contributed by atoms with van der Waals surface area (Å²) < 4.78 is 15.7. The summed E-state index contributed by atoms with van der Waals surface area (Å²) in [5.41, 5.74) is 2.28. The van der Waals surface area contributed by atoms with Gasteiger partial charge in [-0.05, 0) is 42.0 Å². The number of hydrogen-bond acceptors (Lipinski definition) is 3. The summed E-state index contributed by atoms with van der Waals surface area (Å²) in [6, 6.07) is 19.9. The second kappa shape index (κ2) is 8.67. The summed E-state index contributed by atoms with van der Waals surface area (Å²) in [5, 5.41) is 7.12. The summed E-state index contributed by atoms with van der Waals surface area (Å²) in [6.07, 6.45) is 6.82. The van der Waals surface area contributed by atoms with E-state index >= 15 is 0 Å². The highest BCUT2D eigenvalue weighted by molar-refractivity contribution is 7.16. The topological polar surface area (TPSA) is 46.9 Å². The third-order valence-corrected chi connectivity index (χ3v) is 5.42. The van der Waals surface area contributed by atoms with Crippen LogP contribution in [0.15, 0.2) is 85.2 Å². The third kappa shape index (κ3) is 4.67. The molecular weight excluding hydrogens is 385 g/mol. The van der Waals surface area contributed by atoms with Gasteiger partial charge in [-0.2, -0.15) is 5.10 Å². The normalized spacial score (nSPS) is 11.1. The maximum absolute atomic E-state index is 13.9. The molecule has 4 nitrogen and oxygen atoms in total. The molecule has 0 saturated heterocycles. The van der Waals surface area contributed by atoms with Crippen molar-refractivity contribution in [3.63, 3.8) is 0 Å². The Balaban J connectivity index is 1.44. The van der Waals surface area contributed by atoms with E-state index < -0.39 is 0 Å². The largest absolute Gasteiger partial charge is 0.322 e. The van der Waals surface area contributed by atoms with Gasteiger partial charge < -0.3 is 5.32 Å². The van der Waals surface area contributed by atoms with Crippen LogP contribution >= 0.6 is 11.3 Å². The Hall–Kier alpha value is -3.51. The van der Waals surface area contributed by atoms with Gasteiger partial charge >= 0.3 is 0 Å². The fraction of sp³-hybridized carbons (Fsp3) is 0.0435. The number of rotatable bonds is 6. The first-order valence-corrected chi connectivity index (χ1v) is 9.90. The molecule has 0 aliphatic carbocycles. The van der Waals surface area contributed by atoms with Crippen molar-refractivity contribution >= 4 is 29.0 Å². The zero-order valence-corrected chi connectivity index (χ0v) is 16.3. The fourth-order valence-electron chi connectivity index (χ4n) is 2.93. The van der Waals surface area contributed by atoms with Gasteiger partial charge in [-0.3, -0.25) is 9.48 Å². The second-order valence-electron chi connectivity index (χ2n) is 6.37. The average Bonchev–Trinajstić information content (AvgIpc) is 3.40. The number of nitrogens with zero attached hydrogens (tertiary/aromatic N) is 2. The van der Waals surface area contributed by atoms with E-state index in [4.69, 9.17) is 0 Å². The second-order valence-corrected chi connectivity index (χ2v) is 7.48. The molecule has 0 saturated carbocycles. The molecule has 1 amide bonds. The van der Waals surface area contributed by atoms with Crippen molar-refractivity contribution in [3.8, 4) is 10.4 Å².